The number of rotatable bonds is 5. The first kappa shape index (κ1) is 31.5. The Kier molecular flexibility index (Phi) is 9.15. The number of hydrogen-bond acceptors (Lipinski definition) is 7. The van der Waals surface area contributed by atoms with E-state index in [2.05, 4.69) is 21.2 Å². The number of aliphatic hydroxyl groups excluding tert-OH is 1. The molecule has 12 heteroatoms. The normalized spacial score (nSPS) is 31.0. The summed E-state index contributed by atoms with van der Waals surface area (Å²) in [6.45, 7) is 0.0990. The summed E-state index contributed by atoms with van der Waals surface area (Å²) in [5.74, 6) is -3.79. The molecule has 45 heavy (non-hydrogen) atoms. The van der Waals surface area contributed by atoms with Crippen LogP contribution in [0, 0.1) is 11.8 Å². The zero-order chi connectivity index (χ0) is 31.7. The van der Waals surface area contributed by atoms with E-state index in [4.69, 9.17) is 21.1 Å². The molecule has 4 heterocycles. The molecule has 0 aliphatic carbocycles. The summed E-state index contributed by atoms with van der Waals surface area (Å²) in [4.78, 5) is 58.8. The molecule has 2 fully saturated rings. The molecule has 4 aliphatic rings. The molecule has 2 aromatic carbocycles. The SMILES string of the molecule is O=C1CC/C=C\CN(c2ccc(Cl)cc2)C(=O)[C@H]2N(CCCO)C(=O)[C@@H]3[C@@H](C(=O)O[C@@H](c4ccccc4)CN1)[C@@H]1O[C@@]32C=C1Br. The number of hydrogen-bond donors (Lipinski definition) is 2. The first-order valence-corrected chi connectivity index (χ1v) is 16.1. The minimum atomic E-state index is -1.45. The Labute approximate surface area is 274 Å². The lowest BCUT2D eigenvalue weighted by Crippen LogP contribution is -2.56. The molecule has 2 aromatic rings. The highest BCUT2D eigenvalue weighted by Gasteiger charge is 2.75. The summed E-state index contributed by atoms with van der Waals surface area (Å²) >= 11 is 9.71. The van der Waals surface area contributed by atoms with Gasteiger partial charge in [0.15, 0.2) is 0 Å². The Morgan fingerprint density at radius 3 is 2.51 bits per heavy atom. The van der Waals surface area contributed by atoms with Gasteiger partial charge in [0, 0.05) is 41.3 Å². The predicted molar refractivity (Wildman–Crippen MR) is 169 cm³/mol. The van der Waals surface area contributed by atoms with Gasteiger partial charge in [0.2, 0.25) is 11.8 Å². The Morgan fingerprint density at radius 1 is 1.02 bits per heavy atom. The van der Waals surface area contributed by atoms with Crippen molar-refractivity contribution in [2.24, 2.45) is 11.8 Å². The van der Waals surface area contributed by atoms with E-state index in [9.17, 15) is 24.3 Å². The number of anilines is 1. The summed E-state index contributed by atoms with van der Waals surface area (Å²) in [6, 6.07) is 14.8. The van der Waals surface area contributed by atoms with Crippen LogP contribution >= 0.6 is 27.5 Å². The van der Waals surface area contributed by atoms with Gasteiger partial charge in [-0.15, -0.1) is 0 Å². The van der Waals surface area contributed by atoms with Gasteiger partial charge >= 0.3 is 5.97 Å². The highest BCUT2D eigenvalue weighted by atomic mass is 79.9. The molecular formula is C33H33BrClN3O7. The number of fused-ring (bicyclic) bond motifs is 2. The number of carbonyl (C=O) groups is 4. The maximum atomic E-state index is 14.7. The summed E-state index contributed by atoms with van der Waals surface area (Å²) in [5.41, 5.74) is -0.210. The van der Waals surface area contributed by atoms with Crippen LogP contribution in [0.2, 0.25) is 5.02 Å². The zero-order valence-corrected chi connectivity index (χ0v) is 26.7. The lowest BCUT2D eigenvalue weighted by Gasteiger charge is -2.35. The van der Waals surface area contributed by atoms with E-state index in [1.165, 1.54) is 4.90 Å². The Morgan fingerprint density at radius 2 is 1.78 bits per heavy atom. The van der Waals surface area contributed by atoms with Crippen LogP contribution in [-0.2, 0) is 28.7 Å². The maximum absolute atomic E-state index is 14.7. The van der Waals surface area contributed by atoms with Crippen LogP contribution in [0.1, 0.15) is 30.9 Å². The van der Waals surface area contributed by atoms with Crippen molar-refractivity contribution in [3.05, 3.63) is 87.9 Å². The fraction of sp³-hybridized carbons (Fsp3) is 0.394. The van der Waals surface area contributed by atoms with E-state index in [1.807, 2.05) is 30.4 Å². The topological polar surface area (TPSA) is 125 Å². The highest BCUT2D eigenvalue weighted by Crippen LogP contribution is 2.59. The number of allylic oxidation sites excluding steroid dienone is 1. The molecule has 0 unspecified atom stereocenters. The predicted octanol–water partition coefficient (Wildman–Crippen LogP) is 3.68. The number of esters is 1. The van der Waals surface area contributed by atoms with Crippen molar-refractivity contribution in [3.8, 4) is 0 Å². The van der Waals surface area contributed by atoms with Gasteiger partial charge in [0.25, 0.3) is 5.91 Å². The molecule has 10 nitrogen and oxygen atoms in total. The van der Waals surface area contributed by atoms with Crippen LogP contribution in [0.4, 0.5) is 5.69 Å². The van der Waals surface area contributed by atoms with E-state index in [-0.39, 0.29) is 45.0 Å². The lowest BCUT2D eigenvalue weighted by molar-refractivity contribution is -0.159. The van der Waals surface area contributed by atoms with E-state index in [0.29, 0.717) is 27.2 Å². The van der Waals surface area contributed by atoms with Crippen LogP contribution in [0.3, 0.4) is 0 Å². The molecule has 236 valence electrons. The van der Waals surface area contributed by atoms with Gasteiger partial charge < -0.3 is 29.7 Å². The number of nitrogens with one attached hydrogen (secondary N) is 1. The van der Waals surface area contributed by atoms with Gasteiger partial charge in [-0.25, -0.2) is 0 Å². The van der Waals surface area contributed by atoms with Crippen molar-refractivity contribution in [1.82, 2.24) is 10.2 Å². The fourth-order valence-electron chi connectivity index (χ4n) is 6.76. The van der Waals surface area contributed by atoms with Crippen molar-refractivity contribution in [1.29, 1.82) is 0 Å². The van der Waals surface area contributed by atoms with E-state index < -0.39 is 53.5 Å². The zero-order valence-electron chi connectivity index (χ0n) is 24.3. The van der Waals surface area contributed by atoms with Crippen molar-refractivity contribution in [2.75, 3.05) is 31.1 Å². The summed E-state index contributed by atoms with van der Waals surface area (Å²) in [5, 5.41) is 13.1. The molecule has 2 saturated heterocycles. The van der Waals surface area contributed by atoms with Gasteiger partial charge in [-0.3, -0.25) is 19.2 Å². The molecule has 1 spiro atoms. The number of ether oxygens (including phenoxy) is 2. The average molecular weight is 699 g/mol. The van der Waals surface area contributed by atoms with E-state index in [1.54, 1.807) is 47.4 Å². The Balaban J connectivity index is 1.44. The van der Waals surface area contributed by atoms with Gasteiger partial charge in [-0.2, -0.15) is 0 Å². The van der Waals surface area contributed by atoms with Crippen LogP contribution in [0.25, 0.3) is 0 Å². The van der Waals surface area contributed by atoms with Crippen LogP contribution in [-0.4, -0.2) is 77.7 Å². The molecule has 2 N–H and O–H groups in total. The maximum Gasteiger partial charge on any atom is 0.313 e. The Bertz CT molecular complexity index is 1530. The number of amides is 3. The van der Waals surface area contributed by atoms with Gasteiger partial charge in [0.1, 0.15) is 29.8 Å². The highest BCUT2D eigenvalue weighted by molar-refractivity contribution is 9.11. The van der Waals surface area contributed by atoms with Gasteiger partial charge in [0.05, 0.1) is 12.5 Å². The largest absolute Gasteiger partial charge is 0.455 e. The molecule has 0 aromatic heterocycles. The standard InChI is InChI=1S/C33H33BrClN3O7/c34-23-18-33-27-26(28(23)45-33)32(43)44-24(20-8-3-1-4-9-20)19-36-25(40)10-5-2-6-15-37(22-13-11-21(35)12-14-22)31(42)29(33)38(30(27)41)16-7-17-39/h1-4,6,8-9,11-14,18,24,26-29,39H,5,7,10,15-17,19H2,(H,36,40)/b6-2-/t24-,26-,27+,28-,29-,33+/m1/s1. The third-order valence-corrected chi connectivity index (χ3v) is 9.73. The van der Waals surface area contributed by atoms with Gasteiger partial charge in [-0.1, -0.05) is 70.0 Å². The van der Waals surface area contributed by atoms with Gasteiger partial charge in [-0.05, 0) is 48.7 Å². The average Bonchev–Trinajstić information content (AvgIpc) is 3.63. The molecule has 4 aliphatic heterocycles. The van der Waals surface area contributed by atoms with E-state index >= 15 is 0 Å². The van der Waals surface area contributed by atoms with Crippen molar-refractivity contribution >= 4 is 56.9 Å². The summed E-state index contributed by atoms with van der Waals surface area (Å²) < 4.78 is 13.1. The number of halogens is 2. The number of benzene rings is 2. The second-order valence-electron chi connectivity index (χ2n) is 11.5. The molecular weight excluding hydrogens is 666 g/mol. The third kappa shape index (κ3) is 5.82. The quantitative estimate of drug-likeness (QED) is 0.361. The Hall–Kier alpha value is -3.51. The fourth-order valence-corrected chi connectivity index (χ4v) is 7.62. The molecule has 0 radical (unpaired) electrons. The first-order chi connectivity index (χ1) is 21.7. The minimum Gasteiger partial charge on any atom is -0.455 e. The molecule has 5 bridgehead atoms. The van der Waals surface area contributed by atoms with Crippen LogP contribution in [0.15, 0.2) is 77.3 Å². The molecule has 3 amide bonds. The lowest BCUT2D eigenvalue weighted by atomic mass is 9.74. The second-order valence-corrected chi connectivity index (χ2v) is 12.9. The molecule has 6 atom stereocenters. The third-order valence-electron chi connectivity index (χ3n) is 8.80. The number of carbonyl (C=O) groups excluding carboxylic acids is 4. The second kappa shape index (κ2) is 13.1. The first-order valence-electron chi connectivity index (χ1n) is 15.0. The number of nitrogens with zero attached hydrogens (tertiary/aromatic N) is 2. The van der Waals surface area contributed by atoms with Crippen LogP contribution in [0.5, 0.6) is 0 Å². The molecule has 6 rings (SSSR count). The summed E-state index contributed by atoms with van der Waals surface area (Å²) in [7, 11) is 0. The minimum absolute atomic E-state index is 0.0470. The summed E-state index contributed by atoms with van der Waals surface area (Å²) in [6.07, 6.45) is 4.58. The number of aliphatic hydroxyl groups is 1. The monoisotopic (exact) mass is 697 g/mol. The molecule has 0 saturated carbocycles. The van der Waals surface area contributed by atoms with E-state index in [0.717, 1.165) is 0 Å². The number of likely N-dealkylation sites (tertiary alicyclic amines) is 1. The smallest absolute Gasteiger partial charge is 0.313 e. The van der Waals surface area contributed by atoms with Crippen molar-refractivity contribution in [3.63, 3.8) is 0 Å². The van der Waals surface area contributed by atoms with Crippen molar-refractivity contribution < 1.29 is 33.8 Å². The number of cyclic esters (lactones) is 1. The van der Waals surface area contributed by atoms with Crippen molar-refractivity contribution in [2.45, 2.75) is 43.1 Å². The van der Waals surface area contributed by atoms with Crippen LogP contribution < -0.4 is 10.2 Å².